The van der Waals surface area contributed by atoms with Crippen molar-refractivity contribution in [1.29, 1.82) is 0 Å². The van der Waals surface area contributed by atoms with Gasteiger partial charge in [-0.15, -0.1) is 0 Å². The first-order valence-electron chi connectivity index (χ1n) is 11.8. The van der Waals surface area contributed by atoms with E-state index in [4.69, 9.17) is 10.7 Å². The number of likely N-dealkylation sites (tertiary alicyclic amines) is 1. The average molecular weight is 422 g/mol. The van der Waals surface area contributed by atoms with E-state index in [2.05, 4.69) is 15.5 Å². The van der Waals surface area contributed by atoms with E-state index in [-0.39, 0.29) is 5.91 Å². The molecule has 2 fully saturated rings. The Bertz CT molecular complexity index is 842. The molecule has 1 saturated carbocycles. The van der Waals surface area contributed by atoms with Gasteiger partial charge in [-0.25, -0.2) is 4.98 Å². The number of carbonyl (C=O) groups excluding carboxylic acids is 1. The number of rotatable bonds is 7. The SMILES string of the molecule is N[C@H]1CC[C@H](c2ccc(C(=O)NCCN3CCCCC3)c(Nc3ccccc3)n2)CC1. The largest absolute Gasteiger partial charge is 0.351 e. The van der Waals surface area contributed by atoms with Crippen molar-refractivity contribution in [3.8, 4) is 0 Å². The van der Waals surface area contributed by atoms with Gasteiger partial charge in [0, 0.05) is 36.4 Å². The number of benzene rings is 1. The maximum absolute atomic E-state index is 13.0. The van der Waals surface area contributed by atoms with Crippen molar-refractivity contribution in [1.82, 2.24) is 15.2 Å². The molecule has 6 nitrogen and oxygen atoms in total. The summed E-state index contributed by atoms with van der Waals surface area (Å²) in [5.41, 5.74) is 8.66. The Kier molecular flexibility index (Phi) is 7.54. The summed E-state index contributed by atoms with van der Waals surface area (Å²) in [6, 6.07) is 14.2. The Hall–Kier alpha value is -2.44. The molecule has 2 aromatic rings. The van der Waals surface area contributed by atoms with Crippen LogP contribution in [0.3, 0.4) is 0 Å². The van der Waals surface area contributed by atoms with Crippen LogP contribution in [0.4, 0.5) is 11.5 Å². The number of nitrogens with one attached hydrogen (secondary N) is 2. The van der Waals surface area contributed by atoms with Crippen LogP contribution < -0.4 is 16.4 Å². The van der Waals surface area contributed by atoms with Crippen LogP contribution in [0, 0.1) is 0 Å². The number of nitrogens with two attached hydrogens (primary N) is 1. The smallest absolute Gasteiger partial charge is 0.255 e. The van der Waals surface area contributed by atoms with E-state index in [9.17, 15) is 4.79 Å². The van der Waals surface area contributed by atoms with Crippen molar-refractivity contribution in [3.63, 3.8) is 0 Å². The van der Waals surface area contributed by atoms with Gasteiger partial charge in [0.2, 0.25) is 0 Å². The van der Waals surface area contributed by atoms with Crippen LogP contribution in [0.25, 0.3) is 0 Å². The molecule has 4 rings (SSSR count). The maximum atomic E-state index is 13.0. The predicted octanol–water partition coefficient (Wildman–Crippen LogP) is 4.03. The predicted molar refractivity (Wildman–Crippen MR) is 126 cm³/mol. The average Bonchev–Trinajstić information content (AvgIpc) is 2.81. The van der Waals surface area contributed by atoms with E-state index in [1.54, 1.807) is 0 Å². The van der Waals surface area contributed by atoms with E-state index in [0.29, 0.717) is 29.9 Å². The van der Waals surface area contributed by atoms with Crippen molar-refractivity contribution >= 4 is 17.4 Å². The van der Waals surface area contributed by atoms with Gasteiger partial charge in [0.25, 0.3) is 5.91 Å². The molecule has 0 spiro atoms. The first-order chi connectivity index (χ1) is 15.2. The van der Waals surface area contributed by atoms with Crippen LogP contribution in [-0.4, -0.2) is 48.0 Å². The molecule has 1 aromatic carbocycles. The molecular formula is C25H35N5O. The number of hydrogen-bond acceptors (Lipinski definition) is 5. The Morgan fingerprint density at radius 2 is 1.74 bits per heavy atom. The lowest BCUT2D eigenvalue weighted by Crippen LogP contribution is -2.37. The summed E-state index contributed by atoms with van der Waals surface area (Å²) in [5.74, 6) is 0.974. The first kappa shape index (κ1) is 21.8. The second-order valence-corrected chi connectivity index (χ2v) is 8.89. The molecule has 1 saturated heterocycles. The monoisotopic (exact) mass is 421 g/mol. The number of amides is 1. The van der Waals surface area contributed by atoms with Crippen LogP contribution in [-0.2, 0) is 0 Å². The topological polar surface area (TPSA) is 83.3 Å². The molecule has 0 bridgehead atoms. The lowest BCUT2D eigenvalue weighted by molar-refractivity contribution is 0.0947. The molecule has 0 atom stereocenters. The molecule has 166 valence electrons. The molecule has 2 aliphatic rings. The van der Waals surface area contributed by atoms with E-state index < -0.39 is 0 Å². The van der Waals surface area contributed by atoms with Gasteiger partial charge in [0.05, 0.1) is 5.56 Å². The lowest BCUT2D eigenvalue weighted by Gasteiger charge is -2.27. The van der Waals surface area contributed by atoms with Gasteiger partial charge >= 0.3 is 0 Å². The number of carbonyl (C=O) groups is 1. The van der Waals surface area contributed by atoms with Crippen molar-refractivity contribution in [2.45, 2.75) is 56.9 Å². The Labute approximate surface area is 185 Å². The van der Waals surface area contributed by atoms with Gasteiger partial charge in [0.15, 0.2) is 0 Å². The third kappa shape index (κ3) is 6.05. The van der Waals surface area contributed by atoms with Crippen molar-refractivity contribution < 1.29 is 4.79 Å². The van der Waals surface area contributed by atoms with Crippen LogP contribution >= 0.6 is 0 Å². The zero-order valence-corrected chi connectivity index (χ0v) is 18.4. The van der Waals surface area contributed by atoms with Crippen molar-refractivity contribution in [3.05, 3.63) is 53.7 Å². The van der Waals surface area contributed by atoms with Crippen molar-refractivity contribution in [2.75, 3.05) is 31.5 Å². The lowest BCUT2D eigenvalue weighted by atomic mass is 9.84. The molecule has 1 aliphatic heterocycles. The summed E-state index contributed by atoms with van der Waals surface area (Å²) < 4.78 is 0. The minimum absolute atomic E-state index is 0.0693. The molecular weight excluding hydrogens is 386 g/mol. The van der Waals surface area contributed by atoms with Gasteiger partial charge in [-0.1, -0.05) is 24.6 Å². The number of nitrogens with zero attached hydrogens (tertiary/aromatic N) is 2. The fourth-order valence-electron chi connectivity index (χ4n) is 4.66. The summed E-state index contributed by atoms with van der Waals surface area (Å²) in [6.45, 7) is 3.84. The zero-order chi connectivity index (χ0) is 21.5. The maximum Gasteiger partial charge on any atom is 0.255 e. The Balaban J connectivity index is 1.47. The van der Waals surface area contributed by atoms with Crippen molar-refractivity contribution in [2.24, 2.45) is 5.73 Å². The summed E-state index contributed by atoms with van der Waals surface area (Å²) >= 11 is 0. The van der Waals surface area contributed by atoms with Crippen LogP contribution in [0.2, 0.25) is 0 Å². The second-order valence-electron chi connectivity index (χ2n) is 8.89. The quantitative estimate of drug-likeness (QED) is 0.629. The molecule has 1 aliphatic carbocycles. The molecule has 31 heavy (non-hydrogen) atoms. The number of anilines is 2. The second kappa shape index (κ2) is 10.7. The molecule has 0 radical (unpaired) electrons. The summed E-state index contributed by atoms with van der Waals surface area (Å²) in [6.07, 6.45) is 8.02. The summed E-state index contributed by atoms with van der Waals surface area (Å²) in [5, 5.41) is 6.47. The summed E-state index contributed by atoms with van der Waals surface area (Å²) in [4.78, 5) is 20.3. The van der Waals surface area contributed by atoms with Gasteiger partial charge in [0.1, 0.15) is 5.82 Å². The third-order valence-electron chi connectivity index (χ3n) is 6.55. The minimum atomic E-state index is -0.0693. The number of pyridine rings is 1. The Morgan fingerprint density at radius 3 is 2.48 bits per heavy atom. The highest BCUT2D eigenvalue weighted by Gasteiger charge is 2.23. The normalized spacial score (nSPS) is 22.1. The molecule has 1 aromatic heterocycles. The number of piperidine rings is 1. The number of hydrogen-bond donors (Lipinski definition) is 3. The van der Waals surface area contributed by atoms with E-state index in [0.717, 1.165) is 56.7 Å². The van der Waals surface area contributed by atoms with E-state index >= 15 is 0 Å². The van der Waals surface area contributed by atoms with Crippen LogP contribution in [0.5, 0.6) is 0 Å². The highest BCUT2D eigenvalue weighted by molar-refractivity contribution is 5.99. The highest BCUT2D eigenvalue weighted by Crippen LogP contribution is 2.33. The van der Waals surface area contributed by atoms with E-state index in [1.807, 2.05) is 42.5 Å². The molecule has 2 heterocycles. The highest BCUT2D eigenvalue weighted by atomic mass is 16.1. The fourth-order valence-corrected chi connectivity index (χ4v) is 4.66. The molecule has 1 amide bonds. The van der Waals surface area contributed by atoms with Crippen LogP contribution in [0.15, 0.2) is 42.5 Å². The van der Waals surface area contributed by atoms with Gasteiger partial charge in [-0.05, 0) is 75.9 Å². The molecule has 0 unspecified atom stereocenters. The van der Waals surface area contributed by atoms with Gasteiger partial charge in [-0.3, -0.25) is 4.79 Å². The number of para-hydroxylation sites is 1. The summed E-state index contributed by atoms with van der Waals surface area (Å²) in [7, 11) is 0. The zero-order valence-electron chi connectivity index (χ0n) is 18.4. The minimum Gasteiger partial charge on any atom is -0.351 e. The third-order valence-corrected chi connectivity index (χ3v) is 6.55. The Morgan fingerprint density at radius 1 is 1.00 bits per heavy atom. The fraction of sp³-hybridized carbons (Fsp3) is 0.520. The molecule has 4 N–H and O–H groups in total. The standard InChI is InChI=1S/C25H35N5O/c26-20-11-9-19(10-12-20)23-14-13-22(24(29-23)28-21-7-3-1-4-8-21)25(31)27-15-18-30-16-5-2-6-17-30/h1,3-4,7-8,13-14,19-20H,2,5-6,9-12,15-18,26H2,(H,27,31)(H,28,29)/t19-,20-. The first-order valence-corrected chi connectivity index (χ1v) is 11.8. The van der Waals surface area contributed by atoms with Crippen LogP contribution in [0.1, 0.15) is 66.9 Å². The van der Waals surface area contributed by atoms with Gasteiger partial charge < -0.3 is 21.3 Å². The van der Waals surface area contributed by atoms with Gasteiger partial charge in [-0.2, -0.15) is 0 Å². The van der Waals surface area contributed by atoms with E-state index in [1.165, 1.54) is 19.3 Å². The number of aromatic nitrogens is 1. The molecule has 6 heteroatoms.